The minimum absolute atomic E-state index is 0.0669. The maximum absolute atomic E-state index is 13.6. The number of hydrogen-bond acceptors (Lipinski definition) is 4. The Morgan fingerprint density at radius 1 is 1.26 bits per heavy atom. The van der Waals surface area contributed by atoms with Crippen LogP contribution in [-0.2, 0) is 19.1 Å². The monoisotopic (exact) mass is 380 g/mol. The number of benzene rings is 1. The molecule has 6 nitrogen and oxygen atoms in total. The molecule has 1 aliphatic carbocycles. The van der Waals surface area contributed by atoms with E-state index in [4.69, 9.17) is 4.74 Å². The second-order valence-corrected chi connectivity index (χ2v) is 7.08. The molecule has 27 heavy (non-hydrogen) atoms. The van der Waals surface area contributed by atoms with E-state index in [0.717, 1.165) is 43.9 Å². The van der Waals surface area contributed by atoms with Crippen LogP contribution in [0.25, 0.3) is 0 Å². The summed E-state index contributed by atoms with van der Waals surface area (Å²) in [5, 5.41) is 2.20. The van der Waals surface area contributed by atoms with Crippen molar-refractivity contribution < 1.29 is 27.9 Å². The molecule has 1 saturated heterocycles. The van der Waals surface area contributed by atoms with Gasteiger partial charge in [0.2, 0.25) is 5.91 Å². The number of esters is 1. The van der Waals surface area contributed by atoms with Gasteiger partial charge in [-0.2, -0.15) is 0 Å². The standard InChI is InChI=1S/C19H22F2N2O4/c1-11(18(25)22-16-9-13(20)6-7-15(16)21)27-19(26)12-8-17(24)23(10-12)14-4-2-3-5-14/h6-7,9,11-12,14H,2-5,8,10H2,1H3,(H,22,25)/t11-,12+/m1/s1. The van der Waals surface area contributed by atoms with E-state index in [0.29, 0.717) is 6.54 Å². The van der Waals surface area contributed by atoms with Crippen LogP contribution >= 0.6 is 0 Å². The molecule has 0 unspecified atom stereocenters. The summed E-state index contributed by atoms with van der Waals surface area (Å²) in [5.41, 5.74) is -0.327. The summed E-state index contributed by atoms with van der Waals surface area (Å²) < 4.78 is 31.9. The zero-order valence-corrected chi connectivity index (χ0v) is 15.0. The van der Waals surface area contributed by atoms with Crippen molar-refractivity contribution in [1.82, 2.24) is 4.90 Å². The molecule has 2 fully saturated rings. The summed E-state index contributed by atoms with van der Waals surface area (Å²) in [6.45, 7) is 1.64. The van der Waals surface area contributed by atoms with Gasteiger partial charge in [0.15, 0.2) is 6.10 Å². The van der Waals surface area contributed by atoms with Gasteiger partial charge in [0.1, 0.15) is 11.6 Å². The van der Waals surface area contributed by atoms with Crippen LogP contribution in [0, 0.1) is 17.6 Å². The van der Waals surface area contributed by atoms with E-state index in [-0.39, 0.29) is 24.1 Å². The minimum Gasteiger partial charge on any atom is -0.452 e. The van der Waals surface area contributed by atoms with Gasteiger partial charge in [-0.15, -0.1) is 0 Å². The van der Waals surface area contributed by atoms with Crippen molar-refractivity contribution in [2.45, 2.75) is 51.2 Å². The highest BCUT2D eigenvalue weighted by Gasteiger charge is 2.40. The van der Waals surface area contributed by atoms with E-state index < -0.39 is 35.5 Å². The molecule has 2 atom stereocenters. The summed E-state index contributed by atoms with van der Waals surface area (Å²) in [7, 11) is 0. The van der Waals surface area contributed by atoms with Crippen molar-refractivity contribution in [3.05, 3.63) is 29.8 Å². The first-order valence-corrected chi connectivity index (χ1v) is 9.11. The first kappa shape index (κ1) is 19.3. The largest absolute Gasteiger partial charge is 0.452 e. The Labute approximate surface area is 155 Å². The highest BCUT2D eigenvalue weighted by molar-refractivity contribution is 5.95. The number of anilines is 1. The highest BCUT2D eigenvalue weighted by atomic mass is 19.1. The first-order chi connectivity index (χ1) is 12.8. The van der Waals surface area contributed by atoms with E-state index in [1.807, 2.05) is 0 Å². The molecule has 146 valence electrons. The van der Waals surface area contributed by atoms with Gasteiger partial charge in [-0.1, -0.05) is 12.8 Å². The van der Waals surface area contributed by atoms with Gasteiger partial charge >= 0.3 is 5.97 Å². The maximum atomic E-state index is 13.6. The topological polar surface area (TPSA) is 75.7 Å². The fraction of sp³-hybridized carbons (Fsp3) is 0.526. The molecule has 2 amide bonds. The summed E-state index contributed by atoms with van der Waals surface area (Å²) in [4.78, 5) is 38.3. The van der Waals surface area contributed by atoms with E-state index in [1.165, 1.54) is 6.92 Å². The lowest BCUT2D eigenvalue weighted by Crippen LogP contribution is -2.36. The van der Waals surface area contributed by atoms with Gasteiger partial charge < -0.3 is 15.0 Å². The van der Waals surface area contributed by atoms with Gasteiger partial charge in [-0.3, -0.25) is 14.4 Å². The Bertz CT molecular complexity index is 749. The lowest BCUT2D eigenvalue weighted by Gasteiger charge is -2.24. The summed E-state index contributed by atoms with van der Waals surface area (Å²) in [5.74, 6) is -3.58. The van der Waals surface area contributed by atoms with Crippen LogP contribution in [0.1, 0.15) is 39.0 Å². The summed E-state index contributed by atoms with van der Waals surface area (Å²) in [6, 6.07) is 2.86. The van der Waals surface area contributed by atoms with Crippen molar-refractivity contribution in [3.63, 3.8) is 0 Å². The molecular weight excluding hydrogens is 358 g/mol. The Balaban J connectivity index is 1.54. The molecule has 2 aliphatic rings. The smallest absolute Gasteiger partial charge is 0.312 e. The molecule has 1 aromatic carbocycles. The van der Waals surface area contributed by atoms with Crippen LogP contribution in [0.4, 0.5) is 14.5 Å². The van der Waals surface area contributed by atoms with Crippen LogP contribution in [0.2, 0.25) is 0 Å². The Hall–Kier alpha value is -2.51. The van der Waals surface area contributed by atoms with E-state index in [1.54, 1.807) is 4.90 Å². The van der Waals surface area contributed by atoms with Gasteiger partial charge in [-0.25, -0.2) is 8.78 Å². The fourth-order valence-corrected chi connectivity index (χ4v) is 3.61. The van der Waals surface area contributed by atoms with Crippen LogP contribution in [-0.4, -0.2) is 41.4 Å². The lowest BCUT2D eigenvalue weighted by molar-refractivity contribution is -0.157. The molecular formula is C19H22F2N2O4. The van der Waals surface area contributed by atoms with Gasteiger partial charge in [0.05, 0.1) is 11.6 Å². The SMILES string of the molecule is C[C@@H](OC(=O)[C@H]1CC(=O)N(C2CCCC2)C1)C(=O)Nc1cc(F)ccc1F. The molecule has 0 bridgehead atoms. The molecule has 1 saturated carbocycles. The lowest BCUT2D eigenvalue weighted by atomic mass is 10.1. The second-order valence-electron chi connectivity index (χ2n) is 7.08. The van der Waals surface area contributed by atoms with Crippen molar-refractivity contribution in [3.8, 4) is 0 Å². The number of nitrogens with zero attached hydrogens (tertiary/aromatic N) is 1. The summed E-state index contributed by atoms with van der Waals surface area (Å²) in [6.07, 6.45) is 2.93. The predicted molar refractivity (Wildman–Crippen MR) is 92.6 cm³/mol. The molecule has 1 aromatic rings. The van der Waals surface area contributed by atoms with Crippen LogP contribution in [0.3, 0.4) is 0 Å². The quantitative estimate of drug-likeness (QED) is 0.797. The van der Waals surface area contributed by atoms with Crippen molar-refractivity contribution in [2.75, 3.05) is 11.9 Å². The number of ether oxygens (including phenoxy) is 1. The van der Waals surface area contributed by atoms with Crippen molar-refractivity contribution in [1.29, 1.82) is 0 Å². The number of likely N-dealkylation sites (tertiary alicyclic amines) is 1. The molecule has 0 aromatic heterocycles. The molecule has 1 N–H and O–H groups in total. The predicted octanol–water partition coefficient (Wildman–Crippen LogP) is 2.63. The Morgan fingerprint density at radius 3 is 2.67 bits per heavy atom. The highest BCUT2D eigenvalue weighted by Crippen LogP contribution is 2.30. The van der Waals surface area contributed by atoms with Crippen molar-refractivity contribution >= 4 is 23.5 Å². The van der Waals surface area contributed by atoms with Gasteiger partial charge in [0, 0.05) is 25.1 Å². The zero-order valence-electron chi connectivity index (χ0n) is 15.0. The minimum atomic E-state index is -1.20. The van der Waals surface area contributed by atoms with Gasteiger partial charge in [0.25, 0.3) is 5.91 Å². The molecule has 8 heteroatoms. The summed E-state index contributed by atoms with van der Waals surface area (Å²) >= 11 is 0. The third kappa shape index (κ3) is 4.43. The normalized spacial score (nSPS) is 21.4. The average molecular weight is 380 g/mol. The number of rotatable bonds is 5. The Kier molecular flexibility index (Phi) is 5.72. The van der Waals surface area contributed by atoms with Gasteiger partial charge in [-0.05, 0) is 31.9 Å². The maximum Gasteiger partial charge on any atom is 0.312 e. The number of hydrogen-bond donors (Lipinski definition) is 1. The van der Waals surface area contributed by atoms with E-state index in [9.17, 15) is 23.2 Å². The average Bonchev–Trinajstić information content (AvgIpc) is 3.27. The molecule has 0 radical (unpaired) electrons. The van der Waals surface area contributed by atoms with E-state index in [2.05, 4.69) is 5.32 Å². The van der Waals surface area contributed by atoms with Crippen LogP contribution in [0.5, 0.6) is 0 Å². The molecule has 1 heterocycles. The van der Waals surface area contributed by atoms with E-state index >= 15 is 0 Å². The number of carbonyl (C=O) groups excluding carboxylic acids is 3. The number of carbonyl (C=O) groups is 3. The molecule has 3 rings (SSSR count). The third-order valence-electron chi connectivity index (χ3n) is 5.11. The Morgan fingerprint density at radius 2 is 1.96 bits per heavy atom. The molecule has 0 spiro atoms. The fourth-order valence-electron chi connectivity index (χ4n) is 3.61. The third-order valence-corrected chi connectivity index (χ3v) is 5.11. The number of nitrogens with one attached hydrogen (secondary N) is 1. The number of amides is 2. The number of halogens is 2. The second kappa shape index (κ2) is 8.02. The molecule has 1 aliphatic heterocycles. The first-order valence-electron chi connectivity index (χ1n) is 9.11. The van der Waals surface area contributed by atoms with Crippen LogP contribution < -0.4 is 5.32 Å². The zero-order chi connectivity index (χ0) is 19.6. The van der Waals surface area contributed by atoms with Crippen LogP contribution in [0.15, 0.2) is 18.2 Å². The van der Waals surface area contributed by atoms with Crippen molar-refractivity contribution in [2.24, 2.45) is 5.92 Å².